The second-order valence-electron chi connectivity index (χ2n) is 49.2. The average Bonchev–Trinajstić information content (AvgIpc) is 0.716. The maximum absolute atomic E-state index is 12.9. The van der Waals surface area contributed by atoms with Crippen molar-refractivity contribution in [3.8, 4) is 0 Å². The number of esters is 6. The number of methoxy groups -OCH3 is 2. The first-order chi connectivity index (χ1) is 63.8. The fourth-order valence-electron chi connectivity index (χ4n) is 33.3. The molecule has 24 rings (SSSR count). The first-order valence-electron chi connectivity index (χ1n) is 56.5. The molecule has 0 aromatic rings. The molecule has 24 saturated carbocycles. The molecule has 18 heteroatoms. The number of hydrogen-bond acceptors (Lipinski definition) is 18. The molecule has 0 aliphatic heterocycles. The Morgan fingerprint density at radius 3 is 0.744 bits per heavy atom. The molecule has 133 heavy (non-hydrogen) atoms. The highest BCUT2D eigenvalue weighted by atomic mass is 16.6. The molecule has 0 saturated heterocycles. The topological polar surface area (TPSA) is 224 Å². The van der Waals surface area contributed by atoms with Crippen LogP contribution in [0.5, 0.6) is 0 Å². The quantitative estimate of drug-likeness (QED) is 0.0341. The molecule has 0 radical (unpaired) electrons. The van der Waals surface area contributed by atoms with E-state index in [1.807, 2.05) is 76.2 Å². The van der Waals surface area contributed by atoms with Gasteiger partial charge in [0.1, 0.15) is 33.6 Å². The molecule has 0 aromatic carbocycles. The van der Waals surface area contributed by atoms with E-state index in [-0.39, 0.29) is 111 Å². The monoisotopic (exact) mass is 1860 g/mol. The number of carbonyl (C=O) groups is 6. The first kappa shape index (κ1) is 107. The van der Waals surface area contributed by atoms with Crippen molar-refractivity contribution in [2.24, 2.45) is 183 Å². The number of carbonyl (C=O) groups excluding carboxylic acids is 6. The first-order valence-corrected chi connectivity index (χ1v) is 56.5. The highest BCUT2D eigenvalue weighted by molar-refractivity contribution is 5.77. The summed E-state index contributed by atoms with van der Waals surface area (Å²) in [6.07, 6.45) is 51.5. The van der Waals surface area contributed by atoms with Crippen molar-refractivity contribution < 1.29 is 86.0 Å². The lowest BCUT2D eigenvalue weighted by molar-refractivity contribution is -0.234. The van der Waals surface area contributed by atoms with E-state index in [1.165, 1.54) is 193 Å². The van der Waals surface area contributed by atoms with E-state index in [1.54, 1.807) is 14.2 Å². The summed E-state index contributed by atoms with van der Waals surface area (Å²) in [6.45, 7) is 41.0. The molecule has 0 amide bonds. The third-order valence-electron chi connectivity index (χ3n) is 40.8. The summed E-state index contributed by atoms with van der Waals surface area (Å²) >= 11 is 0. The SMILES string of the molecule is CCC(C)C(=O)OC1(C(C)COC)C2CC3CC(C2)CC1C3.CCC(C)C(=O)OC1(CCCO)C2CC3CC(C2)CC1C3.CCC(C)C(=O)OC1(CCOC)C2CC3CC(C2)CC1C3.CCOCCC1(OC(=O)C(C)CC)C2CC3CC(C2)CC1C3.CCOCCCC1(OC(=O)C(C)(C)CC)C2CC3CC(C2)CC1C3.CCOCCCC1(OC(=O)C(C)CC)C2CC3CC(C2)CC1C3. The number of hydrogen-bond donors (Lipinski definition) is 1. The predicted octanol–water partition coefficient (Wildman–Crippen LogP) is 25.2. The van der Waals surface area contributed by atoms with Crippen LogP contribution in [-0.4, -0.2) is 148 Å². The smallest absolute Gasteiger partial charge is 0.312 e. The number of aliphatic hydroxyl groups excluding tert-OH is 1. The van der Waals surface area contributed by atoms with Crippen molar-refractivity contribution in [1.29, 1.82) is 0 Å². The molecule has 762 valence electrons. The van der Waals surface area contributed by atoms with Crippen molar-refractivity contribution in [3.63, 3.8) is 0 Å². The van der Waals surface area contributed by atoms with Crippen LogP contribution in [-0.2, 0) is 80.9 Å². The van der Waals surface area contributed by atoms with Gasteiger partial charge in [-0.15, -0.1) is 0 Å². The van der Waals surface area contributed by atoms with Gasteiger partial charge in [-0.2, -0.15) is 0 Å². The highest BCUT2D eigenvalue weighted by Crippen LogP contribution is 2.68. The van der Waals surface area contributed by atoms with Crippen molar-refractivity contribution in [1.82, 2.24) is 0 Å². The van der Waals surface area contributed by atoms with Crippen LogP contribution < -0.4 is 0 Å². The van der Waals surface area contributed by atoms with Gasteiger partial charge in [-0.05, 0) is 446 Å². The summed E-state index contributed by atoms with van der Waals surface area (Å²) in [7, 11) is 3.51. The number of rotatable bonds is 41. The van der Waals surface area contributed by atoms with Crippen LogP contribution in [0.4, 0.5) is 0 Å². The number of aliphatic hydroxyl groups is 1. The average molecular weight is 1860 g/mol. The van der Waals surface area contributed by atoms with Gasteiger partial charge in [0.15, 0.2) is 0 Å². The molecule has 6 atom stereocenters. The van der Waals surface area contributed by atoms with Crippen molar-refractivity contribution in [3.05, 3.63) is 0 Å². The van der Waals surface area contributed by atoms with Crippen LogP contribution in [0.3, 0.4) is 0 Å². The van der Waals surface area contributed by atoms with Crippen LogP contribution in [0, 0.1) is 183 Å². The molecule has 0 heterocycles. The van der Waals surface area contributed by atoms with Crippen LogP contribution >= 0.6 is 0 Å². The van der Waals surface area contributed by atoms with Crippen molar-refractivity contribution >= 4 is 35.8 Å². The largest absolute Gasteiger partial charge is 0.458 e. The second-order valence-corrected chi connectivity index (χ2v) is 49.2. The minimum absolute atomic E-state index is 0.00353. The molecule has 24 aliphatic rings. The zero-order valence-electron chi connectivity index (χ0n) is 87.7. The zero-order chi connectivity index (χ0) is 95.5. The summed E-state index contributed by atoms with van der Waals surface area (Å²) in [5.41, 5.74) is -1.70. The van der Waals surface area contributed by atoms with E-state index >= 15 is 0 Å². The Bertz CT molecular complexity index is 3430. The Labute approximate surface area is 807 Å². The molecule has 24 bridgehead atoms. The van der Waals surface area contributed by atoms with Gasteiger partial charge in [0, 0.05) is 72.6 Å². The highest BCUT2D eigenvalue weighted by Gasteiger charge is 2.67. The van der Waals surface area contributed by atoms with Gasteiger partial charge >= 0.3 is 35.8 Å². The Morgan fingerprint density at radius 2 is 0.511 bits per heavy atom. The van der Waals surface area contributed by atoms with E-state index < -0.39 is 0 Å². The predicted molar refractivity (Wildman–Crippen MR) is 523 cm³/mol. The normalized spacial score (nSPS) is 40.6. The van der Waals surface area contributed by atoms with Gasteiger partial charge in [0.05, 0.1) is 54.8 Å². The summed E-state index contributed by atoms with van der Waals surface area (Å²) < 4.78 is 65.5. The lowest BCUT2D eigenvalue weighted by Gasteiger charge is -2.62. The molecule has 18 nitrogen and oxygen atoms in total. The maximum Gasteiger partial charge on any atom is 0.312 e. The summed E-state index contributed by atoms with van der Waals surface area (Å²) in [6, 6.07) is 0. The van der Waals surface area contributed by atoms with Gasteiger partial charge in [0.2, 0.25) is 0 Å². The Morgan fingerprint density at radius 1 is 0.286 bits per heavy atom. The minimum atomic E-state index is -0.373. The minimum Gasteiger partial charge on any atom is -0.458 e. The van der Waals surface area contributed by atoms with Gasteiger partial charge in [-0.1, -0.05) is 83.1 Å². The van der Waals surface area contributed by atoms with Crippen LogP contribution in [0.1, 0.15) is 400 Å². The molecule has 0 spiro atoms. The van der Waals surface area contributed by atoms with E-state index in [9.17, 15) is 33.9 Å². The second kappa shape index (κ2) is 47.2. The Balaban J connectivity index is 0.000000136. The van der Waals surface area contributed by atoms with Crippen LogP contribution in [0.25, 0.3) is 0 Å². The molecular weight excluding hydrogens is 1670 g/mol. The Kier molecular flexibility index (Phi) is 37.9. The van der Waals surface area contributed by atoms with Gasteiger partial charge in [-0.25, -0.2) is 0 Å². The summed E-state index contributed by atoms with van der Waals surface area (Å²) in [5.74, 6) is 18.0. The van der Waals surface area contributed by atoms with E-state index in [0.717, 1.165) is 201 Å². The third kappa shape index (κ3) is 23.4. The molecule has 24 aliphatic carbocycles. The van der Waals surface area contributed by atoms with Gasteiger partial charge in [-0.3, -0.25) is 28.8 Å². The van der Waals surface area contributed by atoms with Crippen LogP contribution in [0.2, 0.25) is 0 Å². The lowest BCUT2D eigenvalue weighted by atomic mass is 9.47. The van der Waals surface area contributed by atoms with E-state index in [0.29, 0.717) is 90.1 Å². The van der Waals surface area contributed by atoms with Crippen LogP contribution in [0.15, 0.2) is 0 Å². The Hall–Kier alpha value is -3.42. The van der Waals surface area contributed by atoms with Crippen molar-refractivity contribution in [2.45, 2.75) is 434 Å². The molecule has 1 N–H and O–H groups in total. The molecule has 6 unspecified atom stereocenters. The van der Waals surface area contributed by atoms with Gasteiger partial charge in [0.25, 0.3) is 0 Å². The fourth-order valence-corrected chi connectivity index (χ4v) is 33.3. The molecule has 24 fully saturated rings. The molecule has 0 aromatic heterocycles. The summed E-state index contributed by atoms with van der Waals surface area (Å²) in [4.78, 5) is 75.6. The van der Waals surface area contributed by atoms with Crippen molar-refractivity contribution in [2.75, 3.05) is 73.7 Å². The zero-order valence-corrected chi connectivity index (χ0v) is 87.7. The number of ether oxygens (including phenoxy) is 11. The molecular formula is C115H194O18. The van der Waals surface area contributed by atoms with Gasteiger partial charge < -0.3 is 57.2 Å². The summed E-state index contributed by atoms with van der Waals surface area (Å²) in [5, 5.41) is 9.28. The van der Waals surface area contributed by atoms with E-state index in [4.69, 9.17) is 52.1 Å². The third-order valence-corrected chi connectivity index (χ3v) is 40.8. The lowest BCUT2D eigenvalue weighted by Crippen LogP contribution is -2.63. The standard InChI is InChI=1S/C21H36O3.C20H34O3.2C19H32O3.2C18H30O3/c1-5-20(3,4)19(22)24-21(8-7-9-23-6-2)17-11-15-10-16(13-17)14-18(21)12-15;1-4-14(3)19(21)23-20(7-6-8-22-5-2)17-10-15-9-16(12-17)13-18(20)11-15;1-5-12(2)18(20)22-19(13(3)11-21-4)16-7-14-6-15(9-16)10-17(19)8-14;1-4-13(3)18(20)22-19(6-7-21-5-2)16-9-14-8-15(11-16)12-17(19)10-14;1-4-12(2)17(19)21-18(5-6-20-3)15-8-13-7-14(10-15)11-16(18)9-13;1-3-12(2)17(20)21-18(5-4-6-19)15-8-13-7-14(10-15)11-16(18)9-13/h15-18H,5-14H2,1-4H3;14-18H,4-13H2,1-3H3;12-17H,5-11H2,1-4H3;13-17H,4-12H2,1-3H3;12-16H,4-11H2,1-3H3;12-16,19H,3-11H2,1-2H3. The fraction of sp³-hybridized carbons (Fsp3) is 0.948. The maximum atomic E-state index is 12.9. The van der Waals surface area contributed by atoms with E-state index in [2.05, 4.69) is 41.5 Å².